The Morgan fingerprint density at radius 3 is 1.12 bits per heavy atom. The molecule has 11 rings (SSSR count). The van der Waals surface area contributed by atoms with Crippen LogP contribution in [-0.4, -0.2) is 22.7 Å². The maximum absolute atomic E-state index is 12.6. The predicted molar refractivity (Wildman–Crippen MR) is 444 cm³/mol. The minimum Gasteiger partial charge on any atom is -0.406 e. The van der Waals surface area contributed by atoms with E-state index in [-0.39, 0.29) is 29.3 Å². The summed E-state index contributed by atoms with van der Waals surface area (Å²) in [6.07, 6.45) is -4.03. The molecule has 0 saturated carbocycles. The van der Waals surface area contributed by atoms with Gasteiger partial charge in [-0.05, 0) is 199 Å². The van der Waals surface area contributed by atoms with Crippen molar-refractivity contribution in [1.29, 1.82) is 0 Å². The molecular formula is C93H104Cl4F10N2O2. The van der Waals surface area contributed by atoms with Crippen LogP contribution in [0, 0.1) is 23.3 Å². The van der Waals surface area contributed by atoms with E-state index in [2.05, 4.69) is 192 Å². The van der Waals surface area contributed by atoms with Gasteiger partial charge in [-0.3, -0.25) is 9.97 Å². The fourth-order valence-electron chi connectivity index (χ4n) is 9.93. The molecule has 4 nitrogen and oxygen atoms in total. The van der Waals surface area contributed by atoms with Crippen LogP contribution in [-0.2, 0) is 0 Å². The normalized spacial score (nSPS) is 10.9. The van der Waals surface area contributed by atoms with Crippen molar-refractivity contribution in [1.82, 2.24) is 9.97 Å². The lowest BCUT2D eigenvalue weighted by atomic mass is 9.98. The summed E-state index contributed by atoms with van der Waals surface area (Å²) in [5.41, 5.74) is 14.5. The largest absolute Gasteiger partial charge is 0.573 e. The lowest BCUT2D eigenvalue weighted by Crippen LogP contribution is -2.17. The van der Waals surface area contributed by atoms with Gasteiger partial charge in [0.25, 0.3) is 0 Å². The molecule has 10 aromatic carbocycles. The maximum Gasteiger partial charge on any atom is 0.573 e. The number of nitrogens with zero attached hydrogens (tertiary/aromatic N) is 2. The van der Waals surface area contributed by atoms with Crippen LogP contribution >= 0.6 is 46.4 Å². The SMILES string of the molecule is CC(C)c1c(Cl)cccc1Cl.CC(C)c1cc(Cl)ccc1Cl.CC(C)c1cc(F)cc(F)c1.CC(C)c1ccc(-c2ccccc2)cc1.CC(C)c1ccc(F)c(F)c1.CC(C)c1ccc(OC(F)(F)F)cc1.CC(C)c1cccc(-c2ccccc2)c1.CC(C)c1cccc(OC(F)(F)F)c1.CC(C)c1cnccn1. The Kier molecular flexibility index (Phi) is 42.6. The smallest absolute Gasteiger partial charge is 0.406 e. The molecule has 0 radical (unpaired) electrons. The second-order valence-corrected chi connectivity index (χ2v) is 30.1. The van der Waals surface area contributed by atoms with Crippen LogP contribution < -0.4 is 9.47 Å². The molecule has 1 heterocycles. The van der Waals surface area contributed by atoms with E-state index in [1.54, 1.807) is 55.0 Å². The number of hydrogen-bond donors (Lipinski definition) is 0. The van der Waals surface area contributed by atoms with Crippen molar-refractivity contribution in [3.63, 3.8) is 0 Å². The van der Waals surface area contributed by atoms with Gasteiger partial charge in [0, 0.05) is 44.7 Å². The Morgan fingerprint density at radius 2 is 0.712 bits per heavy atom. The van der Waals surface area contributed by atoms with E-state index in [9.17, 15) is 43.9 Å². The van der Waals surface area contributed by atoms with Gasteiger partial charge in [-0.25, -0.2) is 17.6 Å². The molecular weight excluding hydrogens is 1510 g/mol. The quantitative estimate of drug-likeness (QED) is 0.108. The predicted octanol–water partition coefficient (Wildman–Crippen LogP) is 32.4. The molecule has 11 aromatic rings. The van der Waals surface area contributed by atoms with E-state index >= 15 is 0 Å². The summed E-state index contributed by atoms with van der Waals surface area (Å²) in [5, 5.41) is 3.06. The standard InChI is InChI=1S/2C15H16.2C10H11F3O.2C9H10Cl2.2C9H10F2.C7H10N2/c1-12(2)14-9-6-10-15(11-14)13-7-4-3-5-8-13;1-12(2)13-8-10-15(11-9-13)14-6-4-3-5-7-14;1-7(2)8-3-5-9(6-4-8)14-10(11,12)13;1-7(2)8-4-3-5-9(6-8)14-10(11,12)13;1-6(2)8-5-7(10)3-4-9(8)11;1-6(2)9-7(10)4-3-5-8(9)11;1-6(2)7-3-8(10)5-9(11)4-7;1-6(2)7-3-4-8(10)9(11)5-7;1-6(2)7-5-8-3-4-9-7/h2*3-12H,1-2H3;2*3-7H,1-2H3;4*3-6H,1-2H3;3-6H,1-2H3. The van der Waals surface area contributed by atoms with Crippen LogP contribution in [0.4, 0.5) is 43.9 Å². The number of alkyl halides is 6. The van der Waals surface area contributed by atoms with E-state index in [0.29, 0.717) is 41.1 Å². The molecule has 0 fully saturated rings. The minimum atomic E-state index is -4.62. The highest BCUT2D eigenvalue weighted by atomic mass is 35.5. The van der Waals surface area contributed by atoms with Crippen LogP contribution in [0.1, 0.15) is 228 Å². The highest BCUT2D eigenvalue weighted by Gasteiger charge is 2.32. The van der Waals surface area contributed by atoms with Gasteiger partial charge >= 0.3 is 12.7 Å². The van der Waals surface area contributed by atoms with Gasteiger partial charge in [0.05, 0.1) is 5.69 Å². The second kappa shape index (κ2) is 49.0. The van der Waals surface area contributed by atoms with Crippen LogP contribution in [0.3, 0.4) is 0 Å². The molecule has 111 heavy (non-hydrogen) atoms. The summed E-state index contributed by atoms with van der Waals surface area (Å²) in [6.45, 7) is 36.9. The summed E-state index contributed by atoms with van der Waals surface area (Å²) < 4.78 is 128. The third-order valence-corrected chi connectivity index (χ3v) is 17.6. The summed E-state index contributed by atoms with van der Waals surface area (Å²) in [4.78, 5) is 8.06. The first-order chi connectivity index (χ1) is 52.0. The average molecular weight is 1610 g/mol. The van der Waals surface area contributed by atoms with E-state index in [0.717, 1.165) is 65.7 Å². The van der Waals surface area contributed by atoms with E-state index in [1.807, 2.05) is 91.8 Å². The van der Waals surface area contributed by atoms with E-state index in [4.69, 9.17) is 46.4 Å². The summed E-state index contributed by atoms with van der Waals surface area (Å²) in [7, 11) is 0. The molecule has 0 saturated heterocycles. The summed E-state index contributed by atoms with van der Waals surface area (Å²) >= 11 is 23.6. The lowest BCUT2D eigenvalue weighted by Gasteiger charge is -2.11. The van der Waals surface area contributed by atoms with Gasteiger partial charge in [-0.2, -0.15) is 0 Å². The molecule has 596 valence electrons. The van der Waals surface area contributed by atoms with Crippen LogP contribution in [0.15, 0.2) is 249 Å². The van der Waals surface area contributed by atoms with Crippen LogP contribution in [0.25, 0.3) is 22.3 Å². The Labute approximate surface area is 672 Å². The van der Waals surface area contributed by atoms with E-state index < -0.39 is 36.0 Å². The van der Waals surface area contributed by atoms with Crippen molar-refractivity contribution < 1.29 is 53.4 Å². The highest BCUT2D eigenvalue weighted by molar-refractivity contribution is 6.36. The maximum atomic E-state index is 12.6. The van der Waals surface area contributed by atoms with Crippen LogP contribution in [0.2, 0.25) is 20.1 Å². The first kappa shape index (κ1) is 96.5. The van der Waals surface area contributed by atoms with E-state index in [1.165, 1.54) is 75.8 Å². The highest BCUT2D eigenvalue weighted by Crippen LogP contribution is 2.33. The third kappa shape index (κ3) is 38.4. The van der Waals surface area contributed by atoms with Gasteiger partial charge in [-0.15, -0.1) is 26.3 Å². The number of halogens is 14. The fourth-order valence-corrected chi connectivity index (χ4v) is 11.3. The Bertz CT molecular complexity index is 4380. The van der Waals surface area contributed by atoms with Crippen molar-refractivity contribution in [2.75, 3.05) is 0 Å². The van der Waals surface area contributed by atoms with Crippen molar-refractivity contribution in [2.45, 2.75) is 191 Å². The number of rotatable bonds is 13. The number of benzene rings is 10. The lowest BCUT2D eigenvalue weighted by molar-refractivity contribution is -0.275. The molecule has 18 heteroatoms. The zero-order chi connectivity index (χ0) is 83.3. The topological polar surface area (TPSA) is 44.2 Å². The van der Waals surface area contributed by atoms with Crippen molar-refractivity contribution in [3.05, 3.63) is 343 Å². The molecule has 0 N–H and O–H groups in total. The Hall–Kier alpha value is -8.66. The van der Waals surface area contributed by atoms with Crippen molar-refractivity contribution in [2.24, 2.45) is 0 Å². The molecule has 0 aliphatic rings. The molecule has 0 unspecified atom stereocenters. The average Bonchev–Trinajstić information content (AvgIpc) is 0.876. The first-order valence-corrected chi connectivity index (χ1v) is 38.1. The molecule has 1 aromatic heterocycles. The second-order valence-electron chi connectivity index (χ2n) is 28.4. The van der Waals surface area contributed by atoms with Gasteiger partial charge < -0.3 is 9.47 Å². The van der Waals surface area contributed by atoms with Gasteiger partial charge in [-0.1, -0.05) is 317 Å². The molecule has 0 spiro atoms. The molecule has 0 atom stereocenters. The fraction of sp³-hybridized carbons (Fsp3) is 0.312. The summed E-state index contributed by atoms with van der Waals surface area (Å²) in [6, 6.07) is 69.2. The van der Waals surface area contributed by atoms with Gasteiger partial charge in [0.2, 0.25) is 0 Å². The van der Waals surface area contributed by atoms with Gasteiger partial charge in [0.15, 0.2) is 11.6 Å². The Balaban J connectivity index is 0.000000325. The van der Waals surface area contributed by atoms with Crippen LogP contribution in [0.5, 0.6) is 11.5 Å². The third-order valence-electron chi connectivity index (χ3n) is 16.4. The first-order valence-electron chi connectivity index (χ1n) is 36.6. The summed E-state index contributed by atoms with van der Waals surface area (Å²) in [5.74, 6) is 0.491. The molecule has 0 aliphatic carbocycles. The number of ether oxygens (including phenoxy) is 2. The zero-order valence-electron chi connectivity index (χ0n) is 66.4. The number of hydrogen-bond acceptors (Lipinski definition) is 4. The van der Waals surface area contributed by atoms with Crippen molar-refractivity contribution >= 4 is 46.4 Å². The molecule has 0 amide bonds. The van der Waals surface area contributed by atoms with Crippen molar-refractivity contribution in [3.8, 4) is 33.8 Å². The minimum absolute atomic E-state index is 0.163. The molecule has 0 aliphatic heterocycles. The monoisotopic (exact) mass is 1610 g/mol. The molecule has 0 bridgehead atoms. The zero-order valence-corrected chi connectivity index (χ0v) is 69.4. The number of aromatic nitrogens is 2. The Morgan fingerprint density at radius 1 is 0.297 bits per heavy atom. The van der Waals surface area contributed by atoms with Gasteiger partial charge in [0.1, 0.15) is 23.1 Å².